The third-order valence-corrected chi connectivity index (χ3v) is 9.22. The van der Waals surface area contributed by atoms with Crippen molar-refractivity contribution in [3.63, 3.8) is 0 Å². The van der Waals surface area contributed by atoms with Crippen LogP contribution in [0.3, 0.4) is 0 Å². The molecule has 4 rings (SSSR count). The van der Waals surface area contributed by atoms with E-state index < -0.39 is 0 Å². The van der Waals surface area contributed by atoms with Gasteiger partial charge in [-0.2, -0.15) is 0 Å². The molecule has 138 valence electrons. The van der Waals surface area contributed by atoms with E-state index in [0.717, 1.165) is 32.1 Å². The number of rotatable bonds is 1. The Balaban J connectivity index is 1.66. The number of hydrogen-bond acceptors (Lipinski definition) is 3. The topological polar surface area (TPSA) is 60.7 Å². The minimum Gasteiger partial charge on any atom is -0.393 e. The highest BCUT2D eigenvalue weighted by Gasteiger charge is 2.63. The third kappa shape index (κ3) is 2.27. The maximum atomic E-state index is 11.2. The van der Waals surface area contributed by atoms with Crippen LogP contribution >= 0.6 is 0 Å². The molecule has 24 heavy (non-hydrogen) atoms. The smallest absolute Gasteiger partial charge is 0.0581 e. The molecule has 3 N–H and O–H groups in total. The Labute approximate surface area is 146 Å². The van der Waals surface area contributed by atoms with Gasteiger partial charge in [-0.05, 0) is 98.7 Å². The fraction of sp³-hybridized carbons (Fsp3) is 1.00. The van der Waals surface area contributed by atoms with Crippen LogP contribution < -0.4 is 0 Å². The SMILES string of the molecule is C[C@H](O)[C@H]1CC[C@H]2[C@@H]3CC[C@H]4C[C@@H](O)CC[C@]4(C)[C@H]3[C@@H](O)C[C@]12C. The lowest BCUT2D eigenvalue weighted by molar-refractivity contribution is -0.181. The second kappa shape index (κ2) is 5.69. The van der Waals surface area contributed by atoms with Gasteiger partial charge in [0.1, 0.15) is 0 Å². The zero-order valence-corrected chi connectivity index (χ0v) is 15.6. The van der Waals surface area contributed by atoms with Crippen molar-refractivity contribution in [3.8, 4) is 0 Å². The first-order chi connectivity index (χ1) is 11.3. The highest BCUT2D eigenvalue weighted by atomic mass is 16.3. The molecular weight excluding hydrogens is 300 g/mol. The van der Waals surface area contributed by atoms with Gasteiger partial charge in [-0.15, -0.1) is 0 Å². The van der Waals surface area contributed by atoms with Crippen molar-refractivity contribution in [3.05, 3.63) is 0 Å². The van der Waals surface area contributed by atoms with Crippen LogP contribution in [-0.4, -0.2) is 33.6 Å². The molecule has 0 spiro atoms. The molecule has 0 bridgehead atoms. The molecule has 4 aliphatic carbocycles. The summed E-state index contributed by atoms with van der Waals surface area (Å²) in [7, 11) is 0. The maximum absolute atomic E-state index is 11.2. The molecule has 3 heteroatoms. The highest BCUT2D eigenvalue weighted by molar-refractivity contribution is 5.12. The first kappa shape index (κ1) is 17.3. The Morgan fingerprint density at radius 1 is 0.958 bits per heavy atom. The summed E-state index contributed by atoms with van der Waals surface area (Å²) in [6.07, 6.45) is 7.91. The molecule has 0 aromatic carbocycles. The number of hydrogen-bond donors (Lipinski definition) is 3. The number of fused-ring (bicyclic) bond motifs is 5. The summed E-state index contributed by atoms with van der Waals surface area (Å²) in [6, 6.07) is 0. The Hall–Kier alpha value is -0.120. The van der Waals surface area contributed by atoms with E-state index in [1.54, 1.807) is 0 Å². The van der Waals surface area contributed by atoms with E-state index in [2.05, 4.69) is 13.8 Å². The van der Waals surface area contributed by atoms with Gasteiger partial charge in [0, 0.05) is 0 Å². The molecule has 0 unspecified atom stereocenters. The highest BCUT2D eigenvalue weighted by Crippen LogP contribution is 2.67. The van der Waals surface area contributed by atoms with E-state index >= 15 is 0 Å². The van der Waals surface area contributed by atoms with Gasteiger partial charge in [0.2, 0.25) is 0 Å². The predicted octanol–water partition coefficient (Wildman–Crippen LogP) is 3.36. The van der Waals surface area contributed by atoms with Crippen molar-refractivity contribution >= 4 is 0 Å². The lowest BCUT2D eigenvalue weighted by Crippen LogP contribution is -2.59. The van der Waals surface area contributed by atoms with Gasteiger partial charge in [0.05, 0.1) is 18.3 Å². The largest absolute Gasteiger partial charge is 0.393 e. The lowest BCUT2D eigenvalue weighted by Gasteiger charge is -2.62. The van der Waals surface area contributed by atoms with Gasteiger partial charge in [0.15, 0.2) is 0 Å². The predicted molar refractivity (Wildman–Crippen MR) is 94.3 cm³/mol. The van der Waals surface area contributed by atoms with Gasteiger partial charge in [-0.1, -0.05) is 13.8 Å². The van der Waals surface area contributed by atoms with Crippen molar-refractivity contribution in [1.82, 2.24) is 0 Å². The minimum absolute atomic E-state index is 0.103. The van der Waals surface area contributed by atoms with Crippen LogP contribution in [0.4, 0.5) is 0 Å². The van der Waals surface area contributed by atoms with Crippen molar-refractivity contribution in [2.45, 2.75) is 90.4 Å². The van der Waals surface area contributed by atoms with Crippen LogP contribution in [0.2, 0.25) is 0 Å². The Morgan fingerprint density at radius 3 is 2.42 bits per heavy atom. The monoisotopic (exact) mass is 336 g/mol. The zero-order chi connectivity index (χ0) is 17.3. The summed E-state index contributed by atoms with van der Waals surface area (Å²) in [5.41, 5.74) is 0.304. The summed E-state index contributed by atoms with van der Waals surface area (Å²) in [6.45, 7) is 6.70. The van der Waals surface area contributed by atoms with Gasteiger partial charge in [-0.25, -0.2) is 0 Å². The zero-order valence-electron chi connectivity index (χ0n) is 15.6. The summed E-state index contributed by atoms with van der Waals surface area (Å²) in [4.78, 5) is 0. The van der Waals surface area contributed by atoms with E-state index in [-0.39, 0.29) is 29.1 Å². The van der Waals surface area contributed by atoms with E-state index in [4.69, 9.17) is 0 Å². The minimum atomic E-state index is -0.263. The fourth-order valence-electron chi connectivity index (χ4n) is 8.19. The van der Waals surface area contributed by atoms with Gasteiger partial charge < -0.3 is 15.3 Å². The second-order valence-electron chi connectivity index (χ2n) is 10.2. The first-order valence-electron chi connectivity index (χ1n) is 10.3. The van der Waals surface area contributed by atoms with Crippen LogP contribution in [0.5, 0.6) is 0 Å². The molecular formula is C21H36O3. The molecule has 0 aromatic heterocycles. The molecule has 4 aliphatic rings. The molecule has 3 nitrogen and oxygen atoms in total. The summed E-state index contributed by atoms with van der Waals surface area (Å²) >= 11 is 0. The summed E-state index contributed by atoms with van der Waals surface area (Å²) in [5, 5.41) is 31.7. The molecule has 0 aliphatic heterocycles. The molecule has 0 heterocycles. The average Bonchev–Trinajstić information content (AvgIpc) is 2.84. The van der Waals surface area contributed by atoms with Gasteiger partial charge >= 0.3 is 0 Å². The number of aliphatic hydroxyl groups excluding tert-OH is 3. The molecule has 4 saturated carbocycles. The van der Waals surface area contributed by atoms with Gasteiger partial charge in [-0.3, -0.25) is 0 Å². The van der Waals surface area contributed by atoms with Crippen molar-refractivity contribution in [2.24, 2.45) is 40.4 Å². The van der Waals surface area contributed by atoms with Crippen LogP contribution in [0.15, 0.2) is 0 Å². The maximum Gasteiger partial charge on any atom is 0.0581 e. The molecule has 0 amide bonds. The van der Waals surface area contributed by atoms with E-state index in [0.29, 0.717) is 29.6 Å². The van der Waals surface area contributed by atoms with Gasteiger partial charge in [0.25, 0.3) is 0 Å². The van der Waals surface area contributed by atoms with Crippen molar-refractivity contribution in [2.75, 3.05) is 0 Å². The summed E-state index contributed by atoms with van der Waals surface area (Å²) < 4.78 is 0. The Bertz CT molecular complexity index is 491. The first-order valence-corrected chi connectivity index (χ1v) is 10.3. The standard InChI is InChI=1S/C21H36O3/c1-12(22)16-6-7-17-15-5-4-13-10-14(23)8-9-20(13,2)19(15)18(24)11-21(16,17)3/h12-19,22-24H,4-11H2,1-3H3/t12-,13-,14-,15-,16+,17-,18-,19+,20-,21+/m0/s1. The van der Waals surface area contributed by atoms with E-state index in [1.807, 2.05) is 6.92 Å². The van der Waals surface area contributed by atoms with E-state index in [9.17, 15) is 15.3 Å². The second-order valence-corrected chi connectivity index (χ2v) is 10.2. The molecule has 0 radical (unpaired) electrons. The molecule has 0 aromatic rings. The van der Waals surface area contributed by atoms with Crippen molar-refractivity contribution < 1.29 is 15.3 Å². The third-order valence-electron chi connectivity index (χ3n) is 9.22. The van der Waals surface area contributed by atoms with Crippen LogP contribution in [0.25, 0.3) is 0 Å². The Morgan fingerprint density at radius 2 is 1.71 bits per heavy atom. The van der Waals surface area contributed by atoms with Crippen LogP contribution in [0.1, 0.15) is 72.1 Å². The molecule has 0 saturated heterocycles. The van der Waals surface area contributed by atoms with Crippen LogP contribution in [-0.2, 0) is 0 Å². The lowest BCUT2D eigenvalue weighted by atomic mass is 9.44. The Kier molecular flexibility index (Phi) is 4.10. The molecule has 4 fully saturated rings. The fourth-order valence-corrected chi connectivity index (χ4v) is 8.19. The van der Waals surface area contributed by atoms with E-state index in [1.165, 1.54) is 19.3 Å². The number of aliphatic hydroxyl groups is 3. The normalized spacial score (nSPS) is 58.5. The quantitative estimate of drug-likeness (QED) is 0.688. The summed E-state index contributed by atoms with van der Waals surface area (Å²) in [5.74, 6) is 2.59. The average molecular weight is 337 g/mol. The molecule has 10 atom stereocenters. The van der Waals surface area contributed by atoms with Crippen molar-refractivity contribution in [1.29, 1.82) is 0 Å². The van der Waals surface area contributed by atoms with Crippen LogP contribution in [0, 0.1) is 40.4 Å².